The molecule has 116 valence electrons. The van der Waals surface area contributed by atoms with Gasteiger partial charge in [-0.15, -0.1) is 10.2 Å². The quantitative estimate of drug-likeness (QED) is 0.783. The third-order valence-corrected chi connectivity index (χ3v) is 3.95. The number of hydrogen-bond donors (Lipinski definition) is 1. The van der Waals surface area contributed by atoms with Gasteiger partial charge in [-0.3, -0.25) is 9.69 Å². The van der Waals surface area contributed by atoms with Crippen LogP contribution < -0.4 is 10.6 Å². The van der Waals surface area contributed by atoms with Crippen molar-refractivity contribution in [2.75, 3.05) is 50.5 Å². The summed E-state index contributed by atoms with van der Waals surface area (Å²) in [6.07, 6.45) is 1.31. The van der Waals surface area contributed by atoms with Crippen LogP contribution in [-0.2, 0) is 9.53 Å². The zero-order valence-electron chi connectivity index (χ0n) is 12.1. The first-order valence-electron chi connectivity index (χ1n) is 6.93. The van der Waals surface area contributed by atoms with E-state index in [9.17, 15) is 4.79 Å². The number of rotatable bonds is 5. The van der Waals surface area contributed by atoms with Crippen molar-refractivity contribution in [1.82, 2.24) is 15.1 Å². The molecule has 1 aromatic rings. The Bertz CT molecular complexity index is 491. The van der Waals surface area contributed by atoms with E-state index in [0.717, 1.165) is 44.8 Å². The van der Waals surface area contributed by atoms with Gasteiger partial charge in [0, 0.05) is 32.6 Å². The van der Waals surface area contributed by atoms with E-state index in [1.807, 2.05) is 6.07 Å². The molecule has 1 fully saturated rings. The summed E-state index contributed by atoms with van der Waals surface area (Å²) in [7, 11) is 1.42. The van der Waals surface area contributed by atoms with Crippen molar-refractivity contribution in [2.45, 2.75) is 12.8 Å². The maximum atomic E-state index is 11.1. The van der Waals surface area contributed by atoms with Gasteiger partial charge in [-0.1, -0.05) is 0 Å². The van der Waals surface area contributed by atoms with Crippen LogP contribution in [0, 0.1) is 0 Å². The summed E-state index contributed by atoms with van der Waals surface area (Å²) < 4.78 is 5.33. The van der Waals surface area contributed by atoms with Gasteiger partial charge in [0.1, 0.15) is 4.60 Å². The molecule has 0 bridgehead atoms. The number of halogens is 1. The maximum Gasteiger partial charge on any atom is 0.305 e. The van der Waals surface area contributed by atoms with Crippen LogP contribution in [-0.4, -0.2) is 60.9 Å². The number of nitrogens with zero attached hydrogens (tertiary/aromatic N) is 4. The topological polar surface area (TPSA) is 84.6 Å². The number of methoxy groups -OCH3 is 1. The van der Waals surface area contributed by atoms with Crippen molar-refractivity contribution >= 4 is 33.4 Å². The van der Waals surface area contributed by atoms with Crippen LogP contribution in [0.25, 0.3) is 0 Å². The summed E-state index contributed by atoms with van der Waals surface area (Å²) in [5.41, 5.74) is 6.80. The molecule has 0 unspecified atom stereocenters. The minimum atomic E-state index is -0.144. The van der Waals surface area contributed by atoms with Gasteiger partial charge in [-0.2, -0.15) is 0 Å². The Balaban J connectivity index is 1.80. The van der Waals surface area contributed by atoms with E-state index in [4.69, 9.17) is 5.73 Å². The lowest BCUT2D eigenvalue weighted by atomic mass is 10.2. The summed E-state index contributed by atoms with van der Waals surface area (Å²) >= 11 is 3.32. The minimum Gasteiger partial charge on any atom is -0.469 e. The maximum absolute atomic E-state index is 11.1. The van der Waals surface area contributed by atoms with Gasteiger partial charge in [0.25, 0.3) is 0 Å². The molecule has 2 rings (SSSR count). The fourth-order valence-corrected chi connectivity index (χ4v) is 2.68. The number of aromatic nitrogens is 2. The molecule has 21 heavy (non-hydrogen) atoms. The predicted molar refractivity (Wildman–Crippen MR) is 84.0 cm³/mol. The van der Waals surface area contributed by atoms with Gasteiger partial charge in [-0.25, -0.2) is 0 Å². The van der Waals surface area contributed by atoms with Gasteiger partial charge in [0.15, 0.2) is 5.82 Å². The third-order valence-electron chi connectivity index (χ3n) is 3.57. The SMILES string of the molecule is COC(=O)CCCN1CCN(c2cc(Br)nnc2N)CC1. The number of carbonyl (C=O) groups excluding carboxylic acids is 1. The van der Waals surface area contributed by atoms with E-state index in [2.05, 4.69) is 40.7 Å². The monoisotopic (exact) mass is 357 g/mol. The number of nitrogens with two attached hydrogens (primary N) is 1. The third kappa shape index (κ3) is 4.53. The van der Waals surface area contributed by atoms with Gasteiger partial charge in [-0.05, 0) is 35.0 Å². The van der Waals surface area contributed by atoms with Crippen molar-refractivity contribution in [3.05, 3.63) is 10.7 Å². The molecule has 1 aliphatic heterocycles. The molecular formula is C13H20BrN5O2. The number of piperazine rings is 1. The fraction of sp³-hybridized carbons (Fsp3) is 0.615. The standard InChI is InChI=1S/C13H20BrN5O2/c1-21-12(20)3-2-4-18-5-7-19(8-6-18)10-9-11(14)16-17-13(10)15/h9H,2-8H2,1H3,(H2,15,17). The molecule has 1 aliphatic rings. The molecule has 0 aliphatic carbocycles. The lowest BCUT2D eigenvalue weighted by Gasteiger charge is -2.36. The second kappa shape index (κ2) is 7.56. The Morgan fingerprint density at radius 1 is 1.38 bits per heavy atom. The average Bonchev–Trinajstić information content (AvgIpc) is 2.50. The van der Waals surface area contributed by atoms with Crippen LogP contribution in [0.2, 0.25) is 0 Å². The summed E-state index contributed by atoms with van der Waals surface area (Å²) in [5.74, 6) is 0.312. The molecule has 0 aromatic carbocycles. The molecule has 0 spiro atoms. The summed E-state index contributed by atoms with van der Waals surface area (Å²) in [6, 6.07) is 1.90. The van der Waals surface area contributed by atoms with Crippen molar-refractivity contribution in [3.8, 4) is 0 Å². The van der Waals surface area contributed by atoms with Crippen LogP contribution in [0.1, 0.15) is 12.8 Å². The number of hydrogen-bond acceptors (Lipinski definition) is 7. The summed E-state index contributed by atoms with van der Waals surface area (Å²) in [6.45, 7) is 4.58. The predicted octanol–water partition coefficient (Wildman–Crippen LogP) is 0.896. The van der Waals surface area contributed by atoms with Gasteiger partial charge in [0.05, 0.1) is 12.8 Å². The van der Waals surface area contributed by atoms with Crippen LogP contribution >= 0.6 is 15.9 Å². The van der Waals surface area contributed by atoms with Crippen LogP contribution in [0.3, 0.4) is 0 Å². The molecule has 0 amide bonds. The highest BCUT2D eigenvalue weighted by atomic mass is 79.9. The number of ether oxygens (including phenoxy) is 1. The highest BCUT2D eigenvalue weighted by Crippen LogP contribution is 2.24. The number of anilines is 2. The largest absolute Gasteiger partial charge is 0.469 e. The van der Waals surface area contributed by atoms with Crippen molar-refractivity contribution in [3.63, 3.8) is 0 Å². The van der Waals surface area contributed by atoms with E-state index in [0.29, 0.717) is 16.8 Å². The molecule has 0 saturated carbocycles. The fourth-order valence-electron chi connectivity index (χ4n) is 2.38. The zero-order valence-corrected chi connectivity index (χ0v) is 13.7. The van der Waals surface area contributed by atoms with E-state index >= 15 is 0 Å². The molecule has 8 heteroatoms. The van der Waals surface area contributed by atoms with Gasteiger partial charge in [0.2, 0.25) is 0 Å². The molecule has 2 heterocycles. The van der Waals surface area contributed by atoms with Gasteiger partial charge >= 0.3 is 5.97 Å². The van der Waals surface area contributed by atoms with Crippen molar-refractivity contribution in [1.29, 1.82) is 0 Å². The van der Waals surface area contributed by atoms with E-state index in [1.165, 1.54) is 7.11 Å². The first-order chi connectivity index (χ1) is 10.1. The Labute approximate surface area is 132 Å². The first-order valence-corrected chi connectivity index (χ1v) is 7.72. The first kappa shape index (κ1) is 16.0. The number of carbonyl (C=O) groups is 1. The highest BCUT2D eigenvalue weighted by Gasteiger charge is 2.19. The lowest BCUT2D eigenvalue weighted by molar-refractivity contribution is -0.140. The molecule has 1 aromatic heterocycles. The Kier molecular flexibility index (Phi) is 5.75. The molecule has 0 atom stereocenters. The van der Waals surface area contributed by atoms with Crippen LogP contribution in [0.15, 0.2) is 10.7 Å². The molecular weight excluding hydrogens is 338 g/mol. The highest BCUT2D eigenvalue weighted by molar-refractivity contribution is 9.10. The molecule has 7 nitrogen and oxygen atoms in total. The van der Waals surface area contributed by atoms with Crippen molar-refractivity contribution < 1.29 is 9.53 Å². The Hall–Kier alpha value is -1.41. The summed E-state index contributed by atoms with van der Waals surface area (Å²) in [5, 5.41) is 7.80. The van der Waals surface area contributed by atoms with Gasteiger partial charge < -0.3 is 15.4 Å². The normalized spacial score (nSPS) is 16.0. The minimum absolute atomic E-state index is 0.144. The lowest BCUT2D eigenvalue weighted by Crippen LogP contribution is -2.47. The summed E-state index contributed by atoms with van der Waals surface area (Å²) in [4.78, 5) is 15.6. The average molecular weight is 358 g/mol. The smallest absolute Gasteiger partial charge is 0.305 e. The molecule has 1 saturated heterocycles. The van der Waals surface area contributed by atoms with E-state index < -0.39 is 0 Å². The molecule has 2 N–H and O–H groups in total. The zero-order chi connectivity index (χ0) is 15.2. The van der Waals surface area contributed by atoms with E-state index in [-0.39, 0.29) is 5.97 Å². The second-order valence-electron chi connectivity index (χ2n) is 4.95. The number of esters is 1. The van der Waals surface area contributed by atoms with E-state index in [1.54, 1.807) is 0 Å². The van der Waals surface area contributed by atoms with Crippen LogP contribution in [0.4, 0.5) is 11.5 Å². The Morgan fingerprint density at radius 3 is 2.76 bits per heavy atom. The second-order valence-corrected chi connectivity index (χ2v) is 5.76. The van der Waals surface area contributed by atoms with Crippen LogP contribution in [0.5, 0.6) is 0 Å². The molecule has 0 radical (unpaired) electrons. The Morgan fingerprint density at radius 2 is 2.10 bits per heavy atom. The van der Waals surface area contributed by atoms with Crippen molar-refractivity contribution in [2.24, 2.45) is 0 Å². The number of nitrogen functional groups attached to an aromatic ring is 1.